The molecule has 0 bridgehead atoms. The first kappa shape index (κ1) is 22.9. The smallest absolute Gasteiger partial charge is 0.349 e. The minimum Gasteiger partial charge on any atom is -0.434 e. The average Bonchev–Trinajstić information content (AvgIpc) is 2.72. The molecule has 1 fully saturated rings. The number of hydrogen-bond donors (Lipinski definition) is 3. The van der Waals surface area contributed by atoms with E-state index in [0.717, 1.165) is 4.68 Å². The Labute approximate surface area is 193 Å². The lowest BCUT2D eigenvalue weighted by atomic mass is 9.71. The van der Waals surface area contributed by atoms with Crippen molar-refractivity contribution >= 4 is 29.0 Å². The van der Waals surface area contributed by atoms with Gasteiger partial charge in [0.15, 0.2) is 5.75 Å². The molecule has 0 aliphatic heterocycles. The van der Waals surface area contributed by atoms with Gasteiger partial charge in [-0.05, 0) is 24.0 Å². The summed E-state index contributed by atoms with van der Waals surface area (Å²) in [5, 5.41) is 9.68. The second-order valence-corrected chi connectivity index (χ2v) is 8.51. The van der Waals surface area contributed by atoms with Gasteiger partial charge in [0.2, 0.25) is 17.6 Å². The molecular formula is C19H16Cl2F2N6O4. The van der Waals surface area contributed by atoms with Gasteiger partial charge in [-0.3, -0.25) is 14.6 Å². The van der Waals surface area contributed by atoms with Gasteiger partial charge < -0.3 is 10.5 Å². The second-order valence-electron chi connectivity index (χ2n) is 7.70. The van der Waals surface area contributed by atoms with E-state index in [2.05, 4.69) is 15.3 Å². The van der Waals surface area contributed by atoms with Crippen molar-refractivity contribution in [2.24, 2.45) is 5.92 Å². The summed E-state index contributed by atoms with van der Waals surface area (Å²) in [6, 6.07) is 3.93. The topological polar surface area (TPSA) is 149 Å². The van der Waals surface area contributed by atoms with E-state index >= 15 is 0 Å². The Morgan fingerprint density at radius 2 is 1.82 bits per heavy atom. The monoisotopic (exact) mass is 500 g/mol. The van der Waals surface area contributed by atoms with Crippen LogP contribution in [0.15, 0.2) is 32.6 Å². The normalized spacial score (nSPS) is 16.3. The first-order chi connectivity index (χ1) is 15.4. The van der Waals surface area contributed by atoms with Gasteiger partial charge in [0.25, 0.3) is 11.1 Å². The van der Waals surface area contributed by atoms with Gasteiger partial charge >= 0.3 is 5.69 Å². The van der Waals surface area contributed by atoms with E-state index in [0.29, 0.717) is 0 Å². The molecule has 174 valence electrons. The summed E-state index contributed by atoms with van der Waals surface area (Å²) in [6.07, 6.45) is -0.595. The van der Waals surface area contributed by atoms with Crippen LogP contribution in [0.3, 0.4) is 0 Å². The third kappa shape index (κ3) is 4.48. The fourth-order valence-electron chi connectivity index (χ4n) is 3.57. The molecule has 33 heavy (non-hydrogen) atoms. The van der Waals surface area contributed by atoms with Crippen molar-refractivity contribution in [1.82, 2.24) is 25.0 Å². The molecule has 0 radical (unpaired) electrons. The van der Waals surface area contributed by atoms with Crippen LogP contribution in [0.4, 0.5) is 14.6 Å². The lowest BCUT2D eigenvalue weighted by molar-refractivity contribution is -0.116. The van der Waals surface area contributed by atoms with Crippen molar-refractivity contribution < 1.29 is 13.5 Å². The molecule has 1 unspecified atom stereocenters. The average molecular weight is 501 g/mol. The predicted molar refractivity (Wildman–Crippen MR) is 116 cm³/mol. The highest BCUT2D eigenvalue weighted by atomic mass is 35.5. The van der Waals surface area contributed by atoms with Crippen molar-refractivity contribution in [1.29, 1.82) is 0 Å². The van der Waals surface area contributed by atoms with Gasteiger partial charge in [0.1, 0.15) is 0 Å². The molecule has 1 aromatic carbocycles. The van der Waals surface area contributed by atoms with Crippen molar-refractivity contribution in [3.05, 3.63) is 65.0 Å². The summed E-state index contributed by atoms with van der Waals surface area (Å²) in [7, 11) is 0. The summed E-state index contributed by atoms with van der Waals surface area (Å²) < 4.78 is 32.9. The quantitative estimate of drug-likeness (QED) is 0.487. The van der Waals surface area contributed by atoms with Crippen LogP contribution in [-0.2, 0) is 0 Å². The highest BCUT2D eigenvalue weighted by Gasteiger charge is 2.48. The van der Waals surface area contributed by atoms with E-state index in [-0.39, 0.29) is 51.7 Å². The Morgan fingerprint density at radius 1 is 1.18 bits per heavy atom. The van der Waals surface area contributed by atoms with E-state index in [1.54, 1.807) is 6.92 Å². The third-order valence-corrected chi connectivity index (χ3v) is 5.98. The van der Waals surface area contributed by atoms with E-state index in [9.17, 15) is 23.2 Å². The number of nitrogens with two attached hydrogens (primary N) is 1. The molecule has 1 aliphatic rings. The number of alkyl halides is 2. The Morgan fingerprint density at radius 3 is 2.42 bits per heavy atom. The molecule has 1 atom stereocenters. The Hall–Kier alpha value is -3.25. The number of rotatable bonds is 5. The third-order valence-electron chi connectivity index (χ3n) is 5.42. The molecule has 0 saturated heterocycles. The standard InChI is InChI=1S/C19H16Cl2F2N6O4/c1-7(8-5-19(22,23)6-8)10-4-13(26-27-16(10)30)33-14-11(20)2-9(3-12(14)21)29-18(32)25-17(31)15(24)28-29/h2-4,7-8H,5-6H2,1H3,(H2,24,28)(H,27,30)(H,25,31,32). The van der Waals surface area contributed by atoms with Gasteiger partial charge in [-0.15, -0.1) is 10.2 Å². The Kier molecular flexibility index (Phi) is 5.74. The van der Waals surface area contributed by atoms with Crippen LogP contribution in [0.2, 0.25) is 10.0 Å². The van der Waals surface area contributed by atoms with Gasteiger partial charge in [-0.25, -0.2) is 18.7 Å². The van der Waals surface area contributed by atoms with Crippen LogP contribution < -0.4 is 27.3 Å². The van der Waals surface area contributed by atoms with E-state index in [1.807, 2.05) is 4.98 Å². The molecule has 3 aromatic rings. The highest BCUT2D eigenvalue weighted by Crippen LogP contribution is 2.48. The van der Waals surface area contributed by atoms with Crippen molar-refractivity contribution in [2.75, 3.05) is 5.73 Å². The maximum absolute atomic E-state index is 13.2. The zero-order valence-electron chi connectivity index (χ0n) is 16.9. The maximum atomic E-state index is 13.2. The Balaban J connectivity index is 1.64. The molecule has 10 nitrogen and oxygen atoms in total. The van der Waals surface area contributed by atoms with Crippen molar-refractivity contribution in [3.63, 3.8) is 0 Å². The number of benzene rings is 1. The molecule has 4 rings (SSSR count). The number of nitrogens with zero attached hydrogens (tertiary/aromatic N) is 3. The number of aromatic nitrogens is 5. The maximum Gasteiger partial charge on any atom is 0.349 e. The zero-order valence-corrected chi connectivity index (χ0v) is 18.4. The Bertz CT molecular complexity index is 1390. The van der Waals surface area contributed by atoms with Crippen molar-refractivity contribution in [2.45, 2.75) is 31.6 Å². The van der Waals surface area contributed by atoms with Crippen LogP contribution in [-0.4, -0.2) is 30.9 Å². The van der Waals surface area contributed by atoms with Gasteiger partial charge in [-0.1, -0.05) is 30.1 Å². The van der Waals surface area contributed by atoms with Crippen LogP contribution in [0.25, 0.3) is 5.69 Å². The van der Waals surface area contributed by atoms with E-state index in [4.69, 9.17) is 33.7 Å². The van der Waals surface area contributed by atoms with Crippen molar-refractivity contribution in [3.8, 4) is 17.3 Å². The number of halogens is 4. The summed E-state index contributed by atoms with van der Waals surface area (Å²) in [6.45, 7) is 1.68. The summed E-state index contributed by atoms with van der Waals surface area (Å²) >= 11 is 12.5. The molecule has 1 aliphatic carbocycles. The summed E-state index contributed by atoms with van der Waals surface area (Å²) in [5.41, 5.74) is 3.57. The molecule has 4 N–H and O–H groups in total. The number of H-pyrrole nitrogens is 2. The number of ether oxygens (including phenoxy) is 1. The van der Waals surface area contributed by atoms with Crippen LogP contribution in [0.1, 0.15) is 31.2 Å². The minimum absolute atomic E-state index is 0.0409. The fraction of sp³-hybridized carbons (Fsp3) is 0.316. The van der Waals surface area contributed by atoms with Crippen LogP contribution in [0, 0.1) is 5.92 Å². The minimum atomic E-state index is -2.71. The molecule has 14 heteroatoms. The number of anilines is 1. The number of hydrogen-bond acceptors (Lipinski definition) is 7. The lowest BCUT2D eigenvalue weighted by Gasteiger charge is -2.38. The predicted octanol–water partition coefficient (Wildman–Crippen LogP) is 2.83. The molecule has 0 spiro atoms. The number of aromatic amines is 2. The number of nitrogens with one attached hydrogen (secondary N) is 2. The SMILES string of the molecule is CC(c1cc(Oc2c(Cl)cc(-n3nc(N)c(=O)[nH]c3=O)cc2Cl)n[nH]c1=O)C1CC(F)(F)C1. The van der Waals surface area contributed by atoms with E-state index < -0.39 is 34.5 Å². The molecule has 1 saturated carbocycles. The molecular weight excluding hydrogens is 485 g/mol. The fourth-order valence-corrected chi connectivity index (χ4v) is 4.12. The molecule has 2 heterocycles. The second kappa shape index (κ2) is 8.27. The first-order valence-corrected chi connectivity index (χ1v) is 10.3. The van der Waals surface area contributed by atoms with Gasteiger partial charge in [0.05, 0.1) is 15.7 Å². The van der Waals surface area contributed by atoms with Gasteiger partial charge in [0, 0.05) is 24.5 Å². The van der Waals surface area contributed by atoms with E-state index in [1.165, 1.54) is 18.2 Å². The van der Waals surface area contributed by atoms with Crippen LogP contribution >= 0.6 is 23.2 Å². The summed E-state index contributed by atoms with van der Waals surface area (Å²) in [4.78, 5) is 37.6. The lowest BCUT2D eigenvalue weighted by Crippen LogP contribution is -2.39. The highest BCUT2D eigenvalue weighted by molar-refractivity contribution is 6.37. The summed E-state index contributed by atoms with van der Waals surface area (Å²) in [5.74, 6) is -4.06. The molecule has 0 amide bonds. The zero-order chi connectivity index (χ0) is 24.1. The largest absolute Gasteiger partial charge is 0.434 e. The molecule has 2 aromatic heterocycles. The number of nitrogen functional groups attached to an aromatic ring is 1. The van der Waals surface area contributed by atoms with Crippen LogP contribution in [0.5, 0.6) is 11.6 Å². The van der Waals surface area contributed by atoms with Gasteiger partial charge in [-0.2, -0.15) is 4.68 Å². The first-order valence-electron chi connectivity index (χ1n) is 9.59.